The van der Waals surface area contributed by atoms with E-state index < -0.39 is 5.92 Å². The minimum absolute atomic E-state index is 0.00347. The fraction of sp³-hybridized carbons (Fsp3) is 1.00. The number of alkyl halides is 2. The first-order valence-electron chi connectivity index (χ1n) is 4.22. The molecule has 0 amide bonds. The number of rotatable bonds is 1. The van der Waals surface area contributed by atoms with Gasteiger partial charge in [-0.15, -0.1) is 0 Å². The first-order valence-corrected chi connectivity index (χ1v) is 4.22. The Bertz CT molecular complexity index is 125. The fourth-order valence-electron chi connectivity index (χ4n) is 1.64. The van der Waals surface area contributed by atoms with E-state index in [-0.39, 0.29) is 18.8 Å². The molecule has 1 aliphatic carbocycles. The van der Waals surface area contributed by atoms with Crippen molar-refractivity contribution >= 4 is 0 Å². The molecule has 1 nitrogen and oxygen atoms in total. The molecule has 1 unspecified atom stereocenters. The molecule has 0 aromatic carbocycles. The van der Waals surface area contributed by atoms with Gasteiger partial charge in [0, 0.05) is 12.8 Å². The maximum Gasteiger partial charge on any atom is 0.248 e. The largest absolute Gasteiger partial charge is 0.330 e. The summed E-state index contributed by atoms with van der Waals surface area (Å²) in [5, 5.41) is 0. The molecule has 0 saturated heterocycles. The second-order valence-corrected chi connectivity index (χ2v) is 3.41. The number of hydrogen-bond acceptors (Lipinski definition) is 1. The van der Waals surface area contributed by atoms with Crippen LogP contribution in [0.1, 0.15) is 32.1 Å². The minimum atomic E-state index is -2.44. The molecular formula is C8H15F2N. The molecule has 1 rings (SSSR count). The number of hydrogen-bond donors (Lipinski definition) is 1. The van der Waals surface area contributed by atoms with Crippen LogP contribution in [0.5, 0.6) is 0 Å². The van der Waals surface area contributed by atoms with Gasteiger partial charge in [-0.05, 0) is 25.3 Å². The monoisotopic (exact) mass is 163 g/mol. The summed E-state index contributed by atoms with van der Waals surface area (Å²) in [5.41, 5.74) is 5.36. The van der Waals surface area contributed by atoms with Gasteiger partial charge in [0.25, 0.3) is 0 Å². The first-order chi connectivity index (χ1) is 5.14. The topological polar surface area (TPSA) is 26.0 Å². The molecule has 0 aromatic rings. The summed E-state index contributed by atoms with van der Waals surface area (Å²) in [4.78, 5) is 0. The lowest BCUT2D eigenvalue weighted by Gasteiger charge is -2.17. The number of nitrogens with two attached hydrogens (primary N) is 1. The lowest BCUT2D eigenvalue weighted by atomic mass is 9.99. The van der Waals surface area contributed by atoms with Crippen LogP contribution in [0, 0.1) is 5.92 Å². The van der Waals surface area contributed by atoms with E-state index in [9.17, 15) is 8.78 Å². The Balaban J connectivity index is 2.47. The van der Waals surface area contributed by atoms with E-state index in [1.165, 1.54) is 0 Å². The quantitative estimate of drug-likeness (QED) is 0.589. The molecule has 0 heterocycles. The summed E-state index contributed by atoms with van der Waals surface area (Å²) >= 11 is 0. The van der Waals surface area contributed by atoms with Crippen molar-refractivity contribution in [3.8, 4) is 0 Å². The Kier molecular flexibility index (Phi) is 2.82. The summed E-state index contributed by atoms with van der Waals surface area (Å²) in [6.45, 7) is 0.412. The maximum absolute atomic E-state index is 12.8. The van der Waals surface area contributed by atoms with Gasteiger partial charge in [-0.2, -0.15) is 0 Å². The Labute approximate surface area is 66.0 Å². The fourth-order valence-corrected chi connectivity index (χ4v) is 1.64. The van der Waals surface area contributed by atoms with E-state index in [0.717, 1.165) is 12.8 Å². The molecule has 66 valence electrons. The normalized spacial score (nSPS) is 31.4. The van der Waals surface area contributed by atoms with Crippen molar-refractivity contribution in [2.45, 2.75) is 38.0 Å². The Morgan fingerprint density at radius 2 is 2.09 bits per heavy atom. The zero-order valence-electron chi connectivity index (χ0n) is 6.65. The minimum Gasteiger partial charge on any atom is -0.330 e. The van der Waals surface area contributed by atoms with Crippen LogP contribution in [0.4, 0.5) is 8.78 Å². The molecule has 11 heavy (non-hydrogen) atoms. The van der Waals surface area contributed by atoms with Crippen LogP contribution < -0.4 is 5.73 Å². The van der Waals surface area contributed by atoms with Gasteiger partial charge in [0.2, 0.25) is 5.92 Å². The lowest BCUT2D eigenvalue weighted by molar-refractivity contribution is -0.0241. The van der Waals surface area contributed by atoms with Crippen molar-refractivity contribution in [3.63, 3.8) is 0 Å². The predicted octanol–water partition coefficient (Wildman–Crippen LogP) is 2.16. The van der Waals surface area contributed by atoms with Crippen molar-refractivity contribution in [3.05, 3.63) is 0 Å². The van der Waals surface area contributed by atoms with Gasteiger partial charge in [-0.25, -0.2) is 8.78 Å². The lowest BCUT2D eigenvalue weighted by Crippen LogP contribution is -2.23. The van der Waals surface area contributed by atoms with E-state index in [2.05, 4.69) is 0 Å². The van der Waals surface area contributed by atoms with Crippen LogP contribution in [0.3, 0.4) is 0 Å². The van der Waals surface area contributed by atoms with Crippen LogP contribution in [-0.4, -0.2) is 12.5 Å². The molecular weight excluding hydrogens is 148 g/mol. The summed E-state index contributed by atoms with van der Waals surface area (Å²) in [6.07, 6.45) is 2.51. The summed E-state index contributed by atoms with van der Waals surface area (Å²) in [5.74, 6) is -2.40. The van der Waals surface area contributed by atoms with E-state index in [0.29, 0.717) is 13.0 Å². The van der Waals surface area contributed by atoms with Crippen LogP contribution in [0.25, 0.3) is 0 Å². The molecule has 2 N–H and O–H groups in total. The second-order valence-electron chi connectivity index (χ2n) is 3.41. The van der Waals surface area contributed by atoms with Crippen molar-refractivity contribution in [2.75, 3.05) is 6.54 Å². The molecule has 1 saturated carbocycles. The third-order valence-corrected chi connectivity index (χ3v) is 2.33. The van der Waals surface area contributed by atoms with Gasteiger partial charge >= 0.3 is 0 Å². The summed E-state index contributed by atoms with van der Waals surface area (Å²) in [6, 6.07) is 0. The van der Waals surface area contributed by atoms with Gasteiger partial charge in [0.05, 0.1) is 0 Å². The van der Waals surface area contributed by atoms with Crippen LogP contribution in [-0.2, 0) is 0 Å². The average molecular weight is 163 g/mol. The first kappa shape index (κ1) is 8.91. The molecule has 1 atom stereocenters. The van der Waals surface area contributed by atoms with Crippen LogP contribution >= 0.6 is 0 Å². The number of halogens is 2. The highest BCUT2D eigenvalue weighted by molar-refractivity contribution is 4.76. The van der Waals surface area contributed by atoms with Crippen LogP contribution in [0.15, 0.2) is 0 Å². The Morgan fingerprint density at radius 3 is 2.73 bits per heavy atom. The van der Waals surface area contributed by atoms with E-state index in [1.807, 2.05) is 0 Å². The molecule has 3 heteroatoms. The van der Waals surface area contributed by atoms with Crippen molar-refractivity contribution in [2.24, 2.45) is 11.7 Å². The van der Waals surface area contributed by atoms with Gasteiger partial charge in [-0.1, -0.05) is 6.42 Å². The summed E-state index contributed by atoms with van der Waals surface area (Å²) < 4.78 is 25.7. The van der Waals surface area contributed by atoms with Gasteiger partial charge in [0.15, 0.2) is 0 Å². The Hall–Kier alpha value is -0.180. The van der Waals surface area contributed by atoms with E-state index in [1.54, 1.807) is 0 Å². The highest BCUT2D eigenvalue weighted by Gasteiger charge is 2.33. The summed E-state index contributed by atoms with van der Waals surface area (Å²) in [7, 11) is 0. The molecule has 0 radical (unpaired) electrons. The van der Waals surface area contributed by atoms with Crippen molar-refractivity contribution < 1.29 is 8.78 Å². The third kappa shape index (κ3) is 2.73. The highest BCUT2D eigenvalue weighted by atomic mass is 19.3. The molecule has 1 fully saturated rings. The van der Waals surface area contributed by atoms with E-state index >= 15 is 0 Å². The molecule has 0 spiro atoms. The molecule has 0 aliphatic heterocycles. The van der Waals surface area contributed by atoms with Gasteiger partial charge < -0.3 is 5.73 Å². The molecule has 0 aromatic heterocycles. The standard InChI is InChI=1S/C8H15F2N/c9-8(10)4-2-1-3-7(5-8)6-11/h7H,1-6,11H2. The average Bonchev–Trinajstić information content (AvgIpc) is 2.10. The highest BCUT2D eigenvalue weighted by Crippen LogP contribution is 2.34. The van der Waals surface area contributed by atoms with Gasteiger partial charge in [-0.3, -0.25) is 0 Å². The zero-order valence-corrected chi connectivity index (χ0v) is 6.65. The molecule has 0 bridgehead atoms. The molecule has 1 aliphatic rings. The maximum atomic E-state index is 12.8. The van der Waals surface area contributed by atoms with E-state index in [4.69, 9.17) is 5.73 Å². The Morgan fingerprint density at radius 1 is 1.36 bits per heavy atom. The SMILES string of the molecule is NCC1CCCCC(F)(F)C1. The third-order valence-electron chi connectivity index (χ3n) is 2.33. The predicted molar refractivity (Wildman–Crippen MR) is 40.6 cm³/mol. The van der Waals surface area contributed by atoms with Gasteiger partial charge in [0.1, 0.15) is 0 Å². The van der Waals surface area contributed by atoms with Crippen molar-refractivity contribution in [1.29, 1.82) is 0 Å². The van der Waals surface area contributed by atoms with Crippen molar-refractivity contribution in [1.82, 2.24) is 0 Å². The zero-order chi connectivity index (χ0) is 8.32. The second kappa shape index (κ2) is 3.48. The smallest absolute Gasteiger partial charge is 0.248 e. The van der Waals surface area contributed by atoms with Crippen LogP contribution in [0.2, 0.25) is 0 Å².